The third-order valence-electron chi connectivity index (χ3n) is 3.37. The SMILES string of the molecule is CC(=O)OC/C1=C/CC(C)(C)/C=C\C(=O)/C(C)=C/CC1. The third kappa shape index (κ3) is 6.00. The molecular formula is C17H24O3. The molecule has 0 spiro atoms. The minimum atomic E-state index is -0.263. The summed E-state index contributed by atoms with van der Waals surface area (Å²) < 4.78 is 5.08. The van der Waals surface area contributed by atoms with Crippen molar-refractivity contribution in [3.8, 4) is 0 Å². The van der Waals surface area contributed by atoms with Gasteiger partial charge in [-0.1, -0.05) is 32.1 Å². The fourth-order valence-corrected chi connectivity index (χ4v) is 1.91. The number of hydrogen-bond donors (Lipinski definition) is 0. The molecule has 0 bridgehead atoms. The lowest BCUT2D eigenvalue weighted by Crippen LogP contribution is -2.08. The molecule has 0 amide bonds. The van der Waals surface area contributed by atoms with E-state index in [1.165, 1.54) is 6.92 Å². The topological polar surface area (TPSA) is 43.4 Å². The second kappa shape index (κ2) is 7.22. The first-order valence-electron chi connectivity index (χ1n) is 7.02. The molecule has 0 radical (unpaired) electrons. The van der Waals surface area contributed by atoms with Crippen LogP contribution in [-0.4, -0.2) is 18.4 Å². The highest BCUT2D eigenvalue weighted by Gasteiger charge is 2.14. The molecule has 0 aromatic rings. The predicted octanol–water partition coefficient (Wildman–Crippen LogP) is 3.76. The van der Waals surface area contributed by atoms with Crippen molar-refractivity contribution >= 4 is 11.8 Å². The first kappa shape index (κ1) is 16.4. The molecule has 1 aliphatic carbocycles. The zero-order valence-electron chi connectivity index (χ0n) is 12.9. The molecule has 0 N–H and O–H groups in total. The van der Waals surface area contributed by atoms with Crippen molar-refractivity contribution in [2.75, 3.05) is 6.61 Å². The van der Waals surface area contributed by atoms with E-state index in [0.717, 1.165) is 30.4 Å². The van der Waals surface area contributed by atoms with Gasteiger partial charge in [-0.15, -0.1) is 0 Å². The van der Waals surface area contributed by atoms with Gasteiger partial charge in [-0.25, -0.2) is 0 Å². The van der Waals surface area contributed by atoms with Gasteiger partial charge < -0.3 is 4.74 Å². The Bertz CT molecular complexity index is 465. The van der Waals surface area contributed by atoms with Crippen molar-refractivity contribution in [1.29, 1.82) is 0 Å². The first-order valence-corrected chi connectivity index (χ1v) is 7.02. The van der Waals surface area contributed by atoms with Crippen LogP contribution in [0.25, 0.3) is 0 Å². The van der Waals surface area contributed by atoms with Crippen molar-refractivity contribution in [2.45, 2.75) is 47.0 Å². The lowest BCUT2D eigenvalue weighted by atomic mass is 9.87. The number of carbonyl (C=O) groups is 2. The van der Waals surface area contributed by atoms with Crippen LogP contribution in [0, 0.1) is 5.41 Å². The lowest BCUT2D eigenvalue weighted by molar-refractivity contribution is -0.140. The van der Waals surface area contributed by atoms with Crippen molar-refractivity contribution in [2.24, 2.45) is 5.41 Å². The second-order valence-corrected chi connectivity index (χ2v) is 5.96. The Labute approximate surface area is 121 Å². The van der Waals surface area contributed by atoms with Crippen LogP contribution in [0.15, 0.2) is 35.5 Å². The van der Waals surface area contributed by atoms with Crippen LogP contribution in [0.2, 0.25) is 0 Å². The van der Waals surface area contributed by atoms with Crippen LogP contribution >= 0.6 is 0 Å². The van der Waals surface area contributed by atoms with Gasteiger partial charge in [0.1, 0.15) is 6.61 Å². The molecule has 0 aromatic carbocycles. The maximum Gasteiger partial charge on any atom is 0.302 e. The summed E-state index contributed by atoms with van der Waals surface area (Å²) in [5.41, 5.74) is 1.80. The highest BCUT2D eigenvalue weighted by molar-refractivity contribution is 6.03. The highest BCUT2D eigenvalue weighted by atomic mass is 16.5. The van der Waals surface area contributed by atoms with Gasteiger partial charge in [0.05, 0.1) is 0 Å². The van der Waals surface area contributed by atoms with E-state index in [1.807, 2.05) is 19.1 Å². The Morgan fingerprint density at radius 3 is 2.70 bits per heavy atom. The van der Waals surface area contributed by atoms with Gasteiger partial charge in [0, 0.05) is 6.92 Å². The average molecular weight is 276 g/mol. The van der Waals surface area contributed by atoms with Gasteiger partial charge in [-0.3, -0.25) is 9.59 Å². The summed E-state index contributed by atoms with van der Waals surface area (Å²) in [5.74, 6) is -0.192. The minimum Gasteiger partial charge on any atom is -0.461 e. The fraction of sp³-hybridized carbons (Fsp3) is 0.529. The van der Waals surface area contributed by atoms with Crippen LogP contribution in [0.4, 0.5) is 0 Å². The van der Waals surface area contributed by atoms with E-state index >= 15 is 0 Å². The number of esters is 1. The molecule has 3 heteroatoms. The van der Waals surface area contributed by atoms with E-state index < -0.39 is 0 Å². The zero-order chi connectivity index (χ0) is 15.2. The summed E-state index contributed by atoms with van der Waals surface area (Å²) in [6, 6.07) is 0. The monoisotopic (exact) mass is 276 g/mol. The van der Waals surface area contributed by atoms with Crippen molar-refractivity contribution in [3.05, 3.63) is 35.5 Å². The molecule has 1 rings (SSSR count). The zero-order valence-corrected chi connectivity index (χ0v) is 12.9. The number of hydrogen-bond acceptors (Lipinski definition) is 3. The Morgan fingerprint density at radius 2 is 2.05 bits per heavy atom. The number of carbonyl (C=O) groups excluding carboxylic acids is 2. The standard InChI is InChI=1S/C17H24O3/c1-13-6-5-7-15(12-20-14(2)18)8-10-17(3,4)11-9-16(13)19/h6,8-9,11H,5,7,10,12H2,1-4H3/b11-9-,13-6+,15-8+. The summed E-state index contributed by atoms with van der Waals surface area (Å²) in [5, 5.41) is 0. The van der Waals surface area contributed by atoms with Crippen LogP contribution in [-0.2, 0) is 14.3 Å². The third-order valence-corrected chi connectivity index (χ3v) is 3.37. The summed E-state index contributed by atoms with van der Waals surface area (Å²) in [7, 11) is 0. The maximum atomic E-state index is 11.9. The molecule has 0 saturated carbocycles. The van der Waals surface area contributed by atoms with E-state index in [2.05, 4.69) is 19.9 Å². The van der Waals surface area contributed by atoms with Crippen molar-refractivity contribution in [3.63, 3.8) is 0 Å². The number of rotatable bonds is 2. The number of ketones is 1. The highest BCUT2D eigenvalue weighted by Crippen LogP contribution is 2.25. The summed E-state index contributed by atoms with van der Waals surface area (Å²) in [6.45, 7) is 7.78. The van der Waals surface area contributed by atoms with Crippen LogP contribution < -0.4 is 0 Å². The Balaban J connectivity index is 2.90. The van der Waals surface area contributed by atoms with Gasteiger partial charge >= 0.3 is 5.97 Å². The molecule has 0 fully saturated rings. The largest absolute Gasteiger partial charge is 0.461 e. The Kier molecular flexibility index (Phi) is 5.93. The van der Waals surface area contributed by atoms with Crippen LogP contribution in [0.3, 0.4) is 0 Å². The van der Waals surface area contributed by atoms with Gasteiger partial charge in [0.15, 0.2) is 5.78 Å². The Morgan fingerprint density at radius 1 is 1.35 bits per heavy atom. The molecule has 20 heavy (non-hydrogen) atoms. The van der Waals surface area contributed by atoms with E-state index in [-0.39, 0.29) is 17.2 Å². The molecule has 0 aromatic heterocycles. The molecule has 3 nitrogen and oxygen atoms in total. The van der Waals surface area contributed by atoms with Crippen molar-refractivity contribution in [1.82, 2.24) is 0 Å². The summed E-state index contributed by atoms with van der Waals surface area (Å²) >= 11 is 0. The lowest BCUT2D eigenvalue weighted by Gasteiger charge is -2.18. The quantitative estimate of drug-likeness (QED) is 0.570. The van der Waals surface area contributed by atoms with Crippen molar-refractivity contribution < 1.29 is 14.3 Å². The average Bonchev–Trinajstić information content (AvgIpc) is 2.39. The molecule has 110 valence electrons. The Hall–Kier alpha value is -1.64. The molecule has 0 saturated heterocycles. The second-order valence-electron chi connectivity index (χ2n) is 5.96. The van der Waals surface area contributed by atoms with E-state index in [0.29, 0.717) is 6.61 Å². The summed E-state index contributed by atoms with van der Waals surface area (Å²) in [6.07, 6.45) is 10.1. The predicted molar refractivity (Wildman–Crippen MR) is 80.3 cm³/mol. The smallest absolute Gasteiger partial charge is 0.302 e. The van der Waals surface area contributed by atoms with E-state index in [1.54, 1.807) is 6.08 Å². The van der Waals surface area contributed by atoms with Crippen LogP contribution in [0.5, 0.6) is 0 Å². The van der Waals surface area contributed by atoms with Gasteiger partial charge in [-0.05, 0) is 48.8 Å². The fourth-order valence-electron chi connectivity index (χ4n) is 1.91. The number of allylic oxidation sites excluding steroid dienone is 5. The van der Waals surface area contributed by atoms with Crippen LogP contribution in [0.1, 0.15) is 47.0 Å². The molecule has 0 atom stereocenters. The molecule has 0 aliphatic heterocycles. The van der Waals surface area contributed by atoms with E-state index in [9.17, 15) is 9.59 Å². The first-order chi connectivity index (χ1) is 9.30. The molecular weight excluding hydrogens is 252 g/mol. The normalized spacial score (nSPS) is 26.5. The molecule has 0 heterocycles. The van der Waals surface area contributed by atoms with Gasteiger partial charge in [-0.2, -0.15) is 0 Å². The van der Waals surface area contributed by atoms with Gasteiger partial charge in [0.25, 0.3) is 0 Å². The maximum absolute atomic E-state index is 11.9. The van der Waals surface area contributed by atoms with E-state index in [4.69, 9.17) is 4.74 Å². The molecule has 0 unspecified atom stereocenters. The van der Waals surface area contributed by atoms with Gasteiger partial charge in [0.2, 0.25) is 0 Å². The summed E-state index contributed by atoms with van der Waals surface area (Å²) in [4.78, 5) is 22.8. The molecule has 1 aliphatic rings. The number of ether oxygens (including phenoxy) is 1. The minimum absolute atomic E-state index is 0.0708.